The molecule has 0 saturated heterocycles. The van der Waals surface area contributed by atoms with Gasteiger partial charge in [0.15, 0.2) is 5.58 Å². The average molecular weight is 341 g/mol. The molecule has 3 rings (SSSR count). The molecule has 0 amide bonds. The van der Waals surface area contributed by atoms with Gasteiger partial charge in [0, 0.05) is 12.1 Å². The van der Waals surface area contributed by atoms with E-state index in [0.717, 1.165) is 11.1 Å². The summed E-state index contributed by atoms with van der Waals surface area (Å²) < 4.78 is 17.2. The van der Waals surface area contributed by atoms with Crippen LogP contribution in [-0.2, 0) is 22.7 Å². The standard InChI is InChI=1S/C19H19NO5/c1-13-7-8-16(23-2)14(11-13)12-24-18(21)9-10-20-15-5-3-4-6-17(15)25-19(20)22/h3-8,11H,9-10,12H2,1-2H3. The third-order valence-electron chi connectivity index (χ3n) is 3.94. The van der Waals surface area contributed by atoms with Gasteiger partial charge in [-0.1, -0.05) is 23.8 Å². The van der Waals surface area contributed by atoms with Gasteiger partial charge < -0.3 is 13.9 Å². The molecular formula is C19H19NO5. The highest BCUT2D eigenvalue weighted by Crippen LogP contribution is 2.20. The lowest BCUT2D eigenvalue weighted by molar-refractivity contribution is -0.145. The number of carbonyl (C=O) groups is 1. The van der Waals surface area contributed by atoms with Crippen LogP contribution in [0.15, 0.2) is 51.7 Å². The number of hydrogen-bond acceptors (Lipinski definition) is 5. The third-order valence-corrected chi connectivity index (χ3v) is 3.94. The van der Waals surface area contributed by atoms with E-state index in [4.69, 9.17) is 13.9 Å². The van der Waals surface area contributed by atoms with E-state index in [1.807, 2.05) is 31.2 Å². The molecule has 0 aliphatic rings. The quantitative estimate of drug-likeness (QED) is 0.645. The van der Waals surface area contributed by atoms with Crippen LogP contribution < -0.4 is 10.5 Å². The molecule has 3 aromatic rings. The van der Waals surface area contributed by atoms with E-state index in [0.29, 0.717) is 16.8 Å². The van der Waals surface area contributed by atoms with Crippen LogP contribution in [0, 0.1) is 6.92 Å². The fourth-order valence-electron chi connectivity index (χ4n) is 2.68. The molecule has 0 aliphatic heterocycles. The van der Waals surface area contributed by atoms with Crippen molar-refractivity contribution in [3.8, 4) is 5.75 Å². The smallest absolute Gasteiger partial charge is 0.419 e. The fourth-order valence-corrected chi connectivity index (χ4v) is 2.68. The molecule has 2 aromatic carbocycles. The van der Waals surface area contributed by atoms with E-state index < -0.39 is 5.76 Å². The number of rotatable bonds is 6. The zero-order chi connectivity index (χ0) is 17.8. The van der Waals surface area contributed by atoms with E-state index in [-0.39, 0.29) is 25.5 Å². The van der Waals surface area contributed by atoms with Gasteiger partial charge in [-0.15, -0.1) is 0 Å². The number of methoxy groups -OCH3 is 1. The second-order valence-electron chi connectivity index (χ2n) is 5.71. The molecule has 0 N–H and O–H groups in total. The minimum Gasteiger partial charge on any atom is -0.496 e. The number of para-hydroxylation sites is 2. The summed E-state index contributed by atoms with van der Waals surface area (Å²) in [5.74, 6) is -0.189. The molecule has 6 heteroatoms. The Kier molecular flexibility index (Phi) is 4.88. The Morgan fingerprint density at radius 1 is 1.20 bits per heavy atom. The Balaban J connectivity index is 1.63. The van der Waals surface area contributed by atoms with Crippen LogP contribution in [0.4, 0.5) is 0 Å². The van der Waals surface area contributed by atoms with Crippen molar-refractivity contribution in [2.75, 3.05) is 7.11 Å². The largest absolute Gasteiger partial charge is 0.496 e. The van der Waals surface area contributed by atoms with Crippen LogP contribution in [0.5, 0.6) is 5.75 Å². The first-order valence-corrected chi connectivity index (χ1v) is 7.96. The highest BCUT2D eigenvalue weighted by atomic mass is 16.5. The lowest BCUT2D eigenvalue weighted by Gasteiger charge is -2.10. The molecular weight excluding hydrogens is 322 g/mol. The molecule has 0 aliphatic carbocycles. The summed E-state index contributed by atoms with van der Waals surface area (Å²) in [6.45, 7) is 2.30. The van der Waals surface area contributed by atoms with Crippen molar-refractivity contribution in [3.63, 3.8) is 0 Å². The van der Waals surface area contributed by atoms with Crippen molar-refractivity contribution in [1.82, 2.24) is 4.57 Å². The Morgan fingerprint density at radius 3 is 2.80 bits per heavy atom. The van der Waals surface area contributed by atoms with Crippen LogP contribution in [0.25, 0.3) is 11.1 Å². The fraction of sp³-hybridized carbons (Fsp3) is 0.263. The van der Waals surface area contributed by atoms with Crippen LogP contribution in [-0.4, -0.2) is 17.6 Å². The first-order chi connectivity index (χ1) is 12.1. The number of aryl methyl sites for hydroxylation is 2. The number of nitrogens with zero attached hydrogens (tertiary/aromatic N) is 1. The first kappa shape index (κ1) is 16.8. The Morgan fingerprint density at radius 2 is 2.00 bits per heavy atom. The molecule has 0 unspecified atom stereocenters. The Hall–Kier alpha value is -3.02. The number of esters is 1. The molecule has 0 atom stereocenters. The number of benzene rings is 2. The van der Waals surface area contributed by atoms with Crippen molar-refractivity contribution >= 4 is 17.1 Å². The minimum atomic E-state index is -0.477. The van der Waals surface area contributed by atoms with Gasteiger partial charge in [0.2, 0.25) is 0 Å². The average Bonchev–Trinajstić information content (AvgIpc) is 2.93. The van der Waals surface area contributed by atoms with Crippen LogP contribution in [0.1, 0.15) is 17.5 Å². The predicted octanol–water partition coefficient (Wildman–Crippen LogP) is 3.05. The van der Waals surface area contributed by atoms with Crippen molar-refractivity contribution in [2.45, 2.75) is 26.5 Å². The highest BCUT2D eigenvalue weighted by Gasteiger charge is 2.12. The van der Waals surface area contributed by atoms with E-state index in [2.05, 4.69) is 0 Å². The number of carbonyl (C=O) groups excluding carboxylic acids is 1. The van der Waals surface area contributed by atoms with Crippen molar-refractivity contribution in [2.24, 2.45) is 0 Å². The number of oxazole rings is 1. The summed E-state index contributed by atoms with van der Waals surface area (Å²) >= 11 is 0. The van der Waals surface area contributed by atoms with Gasteiger partial charge in [-0.2, -0.15) is 0 Å². The van der Waals surface area contributed by atoms with Gasteiger partial charge in [0.05, 0.1) is 19.0 Å². The van der Waals surface area contributed by atoms with E-state index in [1.165, 1.54) is 4.57 Å². The molecule has 25 heavy (non-hydrogen) atoms. The van der Waals surface area contributed by atoms with Gasteiger partial charge in [-0.25, -0.2) is 4.79 Å². The highest BCUT2D eigenvalue weighted by molar-refractivity contribution is 5.73. The molecule has 0 fully saturated rings. The lowest BCUT2D eigenvalue weighted by Crippen LogP contribution is -2.17. The molecule has 1 heterocycles. The predicted molar refractivity (Wildman–Crippen MR) is 92.6 cm³/mol. The summed E-state index contributed by atoms with van der Waals surface area (Å²) in [7, 11) is 1.58. The van der Waals surface area contributed by atoms with Crippen molar-refractivity contribution in [1.29, 1.82) is 0 Å². The first-order valence-electron chi connectivity index (χ1n) is 7.96. The van der Waals surface area contributed by atoms with Gasteiger partial charge in [-0.05, 0) is 31.2 Å². The molecule has 0 saturated carbocycles. The molecule has 130 valence electrons. The summed E-state index contributed by atoms with van der Waals surface area (Å²) in [5.41, 5.74) is 3.04. The number of fused-ring (bicyclic) bond motifs is 1. The second kappa shape index (κ2) is 7.25. The summed E-state index contributed by atoms with van der Waals surface area (Å²) in [6, 6.07) is 12.8. The Labute approximate surface area is 144 Å². The summed E-state index contributed by atoms with van der Waals surface area (Å²) in [4.78, 5) is 23.9. The summed E-state index contributed by atoms with van der Waals surface area (Å²) in [5, 5.41) is 0. The number of hydrogen-bond donors (Lipinski definition) is 0. The third kappa shape index (κ3) is 3.74. The molecule has 0 bridgehead atoms. The molecule has 0 spiro atoms. The lowest BCUT2D eigenvalue weighted by atomic mass is 10.1. The number of aromatic nitrogens is 1. The zero-order valence-electron chi connectivity index (χ0n) is 14.2. The van der Waals surface area contributed by atoms with Crippen LogP contribution >= 0.6 is 0 Å². The van der Waals surface area contributed by atoms with Gasteiger partial charge >= 0.3 is 11.7 Å². The normalized spacial score (nSPS) is 10.8. The summed E-state index contributed by atoms with van der Waals surface area (Å²) in [6.07, 6.45) is 0.0809. The van der Waals surface area contributed by atoms with Crippen molar-refractivity contribution in [3.05, 3.63) is 64.1 Å². The maximum Gasteiger partial charge on any atom is 0.419 e. The van der Waals surface area contributed by atoms with E-state index in [9.17, 15) is 9.59 Å². The maximum absolute atomic E-state index is 12.0. The SMILES string of the molecule is COc1ccc(C)cc1COC(=O)CCn1c(=O)oc2ccccc21. The minimum absolute atomic E-state index is 0.0809. The van der Waals surface area contributed by atoms with Crippen molar-refractivity contribution < 1.29 is 18.7 Å². The number of ether oxygens (including phenoxy) is 2. The topological polar surface area (TPSA) is 70.7 Å². The molecule has 0 radical (unpaired) electrons. The monoisotopic (exact) mass is 341 g/mol. The van der Waals surface area contributed by atoms with E-state index >= 15 is 0 Å². The van der Waals surface area contributed by atoms with Gasteiger partial charge in [-0.3, -0.25) is 9.36 Å². The van der Waals surface area contributed by atoms with Gasteiger partial charge in [0.1, 0.15) is 12.4 Å². The van der Waals surface area contributed by atoms with E-state index in [1.54, 1.807) is 25.3 Å². The zero-order valence-corrected chi connectivity index (χ0v) is 14.2. The van der Waals surface area contributed by atoms with Crippen LogP contribution in [0.2, 0.25) is 0 Å². The molecule has 6 nitrogen and oxygen atoms in total. The molecule has 1 aromatic heterocycles. The van der Waals surface area contributed by atoms with Gasteiger partial charge in [0.25, 0.3) is 0 Å². The maximum atomic E-state index is 12.0. The second-order valence-corrected chi connectivity index (χ2v) is 5.71. The van der Waals surface area contributed by atoms with Crippen LogP contribution in [0.3, 0.4) is 0 Å². The Bertz CT molecular complexity index is 954.